The molecule has 1 saturated heterocycles. The molecular weight excluding hydrogens is 267 g/mol. The van der Waals surface area contributed by atoms with Crippen LogP contribution < -0.4 is 5.32 Å². The first-order chi connectivity index (χ1) is 8.16. The Kier molecular flexibility index (Phi) is 6.44. The van der Waals surface area contributed by atoms with Crippen molar-refractivity contribution in [3.05, 3.63) is 34.3 Å². The van der Waals surface area contributed by atoms with Crippen molar-refractivity contribution < 1.29 is 0 Å². The highest BCUT2D eigenvalue weighted by atomic mass is 35.5. The van der Waals surface area contributed by atoms with Gasteiger partial charge in [0.25, 0.3) is 0 Å². The molecule has 0 saturated carbocycles. The van der Waals surface area contributed by atoms with Crippen LogP contribution in [0.4, 0.5) is 0 Å². The maximum Gasteiger partial charge on any atom is 0.0438 e. The van der Waals surface area contributed by atoms with E-state index in [1.54, 1.807) is 0 Å². The Labute approximate surface area is 121 Å². The van der Waals surface area contributed by atoms with E-state index in [9.17, 15) is 0 Å². The highest BCUT2D eigenvalue weighted by molar-refractivity contribution is 6.31. The van der Waals surface area contributed by atoms with Gasteiger partial charge in [-0.25, -0.2) is 0 Å². The molecule has 0 unspecified atom stereocenters. The number of hydrogen-bond acceptors (Lipinski definition) is 2. The van der Waals surface area contributed by atoms with Crippen LogP contribution in [-0.4, -0.2) is 31.1 Å². The van der Waals surface area contributed by atoms with Crippen molar-refractivity contribution in [3.63, 3.8) is 0 Å². The molecule has 0 radical (unpaired) electrons. The molecule has 1 heterocycles. The van der Waals surface area contributed by atoms with Crippen molar-refractivity contribution in [2.45, 2.75) is 32.4 Å². The van der Waals surface area contributed by atoms with E-state index in [0.29, 0.717) is 6.04 Å². The fourth-order valence-corrected chi connectivity index (χ4v) is 2.60. The first-order valence-corrected chi connectivity index (χ1v) is 6.70. The van der Waals surface area contributed by atoms with Gasteiger partial charge >= 0.3 is 0 Å². The average molecular weight is 289 g/mol. The first-order valence-electron chi connectivity index (χ1n) is 6.33. The standard InChI is InChI=1S/C14H21ClN2.ClH/c1-11-3-4-12(9-14(11)15)10-17(2)13-5-7-16-8-6-13;/h3-4,9,13,16H,5-8,10H2,1-2H3;1H. The van der Waals surface area contributed by atoms with Gasteiger partial charge in [0.2, 0.25) is 0 Å². The van der Waals surface area contributed by atoms with Gasteiger partial charge in [0.1, 0.15) is 0 Å². The summed E-state index contributed by atoms with van der Waals surface area (Å²) < 4.78 is 0. The van der Waals surface area contributed by atoms with E-state index >= 15 is 0 Å². The minimum Gasteiger partial charge on any atom is -0.317 e. The van der Waals surface area contributed by atoms with E-state index in [1.807, 2.05) is 6.92 Å². The smallest absolute Gasteiger partial charge is 0.0438 e. The monoisotopic (exact) mass is 288 g/mol. The molecule has 1 aromatic carbocycles. The van der Waals surface area contributed by atoms with Crippen molar-refractivity contribution in [2.75, 3.05) is 20.1 Å². The summed E-state index contributed by atoms with van der Waals surface area (Å²) in [6.45, 7) is 5.32. The number of hydrogen-bond donors (Lipinski definition) is 1. The van der Waals surface area contributed by atoms with Crippen molar-refractivity contribution in [3.8, 4) is 0 Å². The predicted molar refractivity (Wildman–Crippen MR) is 80.8 cm³/mol. The van der Waals surface area contributed by atoms with E-state index < -0.39 is 0 Å². The zero-order valence-electron chi connectivity index (χ0n) is 11.1. The van der Waals surface area contributed by atoms with Crippen LogP contribution in [0.2, 0.25) is 5.02 Å². The number of benzene rings is 1. The lowest BCUT2D eigenvalue weighted by Crippen LogP contribution is -2.40. The molecule has 1 fully saturated rings. The molecule has 0 amide bonds. The Balaban J connectivity index is 0.00000162. The third-order valence-electron chi connectivity index (χ3n) is 3.60. The fourth-order valence-electron chi connectivity index (χ4n) is 2.40. The number of aryl methyl sites for hydroxylation is 1. The first kappa shape index (κ1) is 15.8. The van der Waals surface area contributed by atoms with Crippen LogP contribution in [0.25, 0.3) is 0 Å². The van der Waals surface area contributed by atoms with Crippen molar-refractivity contribution in [1.29, 1.82) is 0 Å². The summed E-state index contributed by atoms with van der Waals surface area (Å²) in [6.07, 6.45) is 2.49. The molecule has 4 heteroatoms. The number of halogens is 2. The third kappa shape index (κ3) is 4.13. The van der Waals surface area contributed by atoms with Crippen LogP contribution in [0.3, 0.4) is 0 Å². The highest BCUT2D eigenvalue weighted by Gasteiger charge is 2.17. The zero-order chi connectivity index (χ0) is 12.3. The largest absolute Gasteiger partial charge is 0.317 e. The van der Waals surface area contributed by atoms with Crippen molar-refractivity contribution >= 4 is 24.0 Å². The Morgan fingerprint density at radius 1 is 1.33 bits per heavy atom. The Morgan fingerprint density at radius 3 is 2.61 bits per heavy atom. The summed E-state index contributed by atoms with van der Waals surface area (Å²) in [5, 5.41) is 4.28. The number of nitrogens with one attached hydrogen (secondary N) is 1. The average Bonchev–Trinajstić information content (AvgIpc) is 2.35. The lowest BCUT2D eigenvalue weighted by atomic mass is 10.0. The molecule has 1 N–H and O–H groups in total. The summed E-state index contributed by atoms with van der Waals surface area (Å²) in [4.78, 5) is 2.45. The summed E-state index contributed by atoms with van der Waals surface area (Å²) >= 11 is 6.15. The van der Waals surface area contributed by atoms with Crippen LogP contribution in [0.15, 0.2) is 18.2 Å². The van der Waals surface area contributed by atoms with Gasteiger partial charge in [0.15, 0.2) is 0 Å². The van der Waals surface area contributed by atoms with Gasteiger partial charge in [-0.2, -0.15) is 0 Å². The molecule has 2 nitrogen and oxygen atoms in total. The molecule has 1 aromatic rings. The van der Waals surface area contributed by atoms with E-state index in [2.05, 4.69) is 35.5 Å². The maximum absolute atomic E-state index is 6.15. The quantitative estimate of drug-likeness (QED) is 0.919. The lowest BCUT2D eigenvalue weighted by molar-refractivity contribution is 0.192. The molecule has 0 bridgehead atoms. The molecule has 18 heavy (non-hydrogen) atoms. The van der Waals surface area contributed by atoms with Gasteiger partial charge in [-0.1, -0.05) is 23.7 Å². The van der Waals surface area contributed by atoms with E-state index in [-0.39, 0.29) is 12.4 Å². The van der Waals surface area contributed by atoms with Crippen LogP contribution in [0.1, 0.15) is 24.0 Å². The SMILES string of the molecule is Cc1ccc(CN(C)C2CCNCC2)cc1Cl.Cl. The molecule has 0 aliphatic carbocycles. The van der Waals surface area contributed by atoms with E-state index in [0.717, 1.165) is 30.2 Å². The fraction of sp³-hybridized carbons (Fsp3) is 0.571. The molecule has 102 valence electrons. The minimum absolute atomic E-state index is 0. The predicted octanol–water partition coefficient (Wildman–Crippen LogP) is 3.25. The maximum atomic E-state index is 6.15. The summed E-state index contributed by atoms with van der Waals surface area (Å²) in [5.41, 5.74) is 2.46. The van der Waals surface area contributed by atoms with Gasteiger partial charge in [-0.3, -0.25) is 4.90 Å². The molecule has 0 spiro atoms. The van der Waals surface area contributed by atoms with Crippen LogP contribution in [0.5, 0.6) is 0 Å². The van der Waals surface area contributed by atoms with E-state index in [1.165, 1.54) is 18.4 Å². The Morgan fingerprint density at radius 2 is 2.00 bits per heavy atom. The van der Waals surface area contributed by atoms with Gasteiger partial charge in [-0.15, -0.1) is 12.4 Å². The Hall–Kier alpha value is -0.280. The normalized spacial score (nSPS) is 16.7. The second-order valence-corrected chi connectivity index (χ2v) is 5.39. The van der Waals surface area contributed by atoms with Crippen LogP contribution in [0, 0.1) is 6.92 Å². The third-order valence-corrected chi connectivity index (χ3v) is 4.01. The van der Waals surface area contributed by atoms with Gasteiger partial charge in [0, 0.05) is 17.6 Å². The topological polar surface area (TPSA) is 15.3 Å². The summed E-state index contributed by atoms with van der Waals surface area (Å²) in [5.74, 6) is 0. The van der Waals surface area contributed by atoms with Crippen LogP contribution >= 0.6 is 24.0 Å². The van der Waals surface area contributed by atoms with Crippen LogP contribution in [-0.2, 0) is 6.54 Å². The van der Waals surface area contributed by atoms with Gasteiger partial charge < -0.3 is 5.32 Å². The highest BCUT2D eigenvalue weighted by Crippen LogP contribution is 2.19. The lowest BCUT2D eigenvalue weighted by Gasteiger charge is -2.31. The summed E-state index contributed by atoms with van der Waals surface area (Å²) in [6, 6.07) is 7.08. The number of rotatable bonds is 3. The van der Waals surface area contributed by atoms with E-state index in [4.69, 9.17) is 11.6 Å². The molecule has 1 aliphatic rings. The molecular formula is C14H22Cl2N2. The van der Waals surface area contributed by atoms with Gasteiger partial charge in [0.05, 0.1) is 0 Å². The number of piperidine rings is 1. The Bertz CT molecular complexity index is 376. The summed E-state index contributed by atoms with van der Waals surface area (Å²) in [7, 11) is 2.21. The molecule has 0 aromatic heterocycles. The van der Waals surface area contributed by atoms with Crippen molar-refractivity contribution in [1.82, 2.24) is 10.2 Å². The molecule has 0 atom stereocenters. The molecule has 1 aliphatic heterocycles. The second-order valence-electron chi connectivity index (χ2n) is 4.98. The molecule has 2 rings (SSSR count). The van der Waals surface area contributed by atoms with Gasteiger partial charge in [-0.05, 0) is 57.1 Å². The minimum atomic E-state index is 0. The zero-order valence-corrected chi connectivity index (χ0v) is 12.7. The number of nitrogens with zero attached hydrogens (tertiary/aromatic N) is 1. The second kappa shape index (κ2) is 7.34. The van der Waals surface area contributed by atoms with Crippen molar-refractivity contribution in [2.24, 2.45) is 0 Å².